The lowest BCUT2D eigenvalue weighted by Gasteiger charge is -2.11. The second kappa shape index (κ2) is 4.97. The first-order valence-corrected chi connectivity index (χ1v) is 5.57. The molecule has 1 aromatic carbocycles. The fraction of sp³-hybridized carbons (Fsp3) is 0.167. The topological polar surface area (TPSA) is 39.1 Å². The number of hydrogen-bond donors (Lipinski definition) is 1. The van der Waals surface area contributed by atoms with Crippen molar-refractivity contribution in [3.63, 3.8) is 0 Å². The van der Waals surface area contributed by atoms with Crippen LogP contribution in [0.1, 0.15) is 5.56 Å². The third-order valence-electron chi connectivity index (χ3n) is 2.27. The average molecular weight is 247 g/mol. The molecule has 88 valence electrons. The molecule has 1 heterocycles. The highest BCUT2D eigenvalue weighted by Gasteiger charge is 2.05. The van der Waals surface area contributed by atoms with Crippen LogP contribution in [0.3, 0.4) is 0 Å². The molecule has 0 saturated carbocycles. The first-order chi connectivity index (χ1) is 8.20. The summed E-state index contributed by atoms with van der Waals surface area (Å²) in [6.07, 6.45) is 3.63. The first-order valence-electron chi connectivity index (χ1n) is 5.16. The Morgan fingerprint density at radius 1 is 1.41 bits per heavy atom. The van der Waals surface area contributed by atoms with Crippen molar-refractivity contribution in [2.75, 3.05) is 12.4 Å². The minimum atomic E-state index is 0.516. The number of aryl methyl sites for hydroxylation is 1. The summed E-state index contributed by atoms with van der Waals surface area (Å²) in [5.74, 6) is 0.749. The molecule has 4 nitrogen and oxygen atoms in total. The van der Waals surface area contributed by atoms with Crippen molar-refractivity contribution in [3.8, 4) is 5.75 Å². The molecule has 5 heteroatoms. The lowest BCUT2D eigenvalue weighted by atomic mass is 10.3. The van der Waals surface area contributed by atoms with Crippen LogP contribution in [0, 0.1) is 6.92 Å². The molecule has 2 aromatic rings. The maximum atomic E-state index is 5.26. The molecule has 0 unspecified atom stereocenters. The summed E-state index contributed by atoms with van der Waals surface area (Å²) < 4.78 is 6.86. The smallest absolute Gasteiger partial charge is 0.198 e. The molecule has 0 spiro atoms. The zero-order chi connectivity index (χ0) is 12.3. The predicted molar refractivity (Wildman–Crippen MR) is 71.6 cm³/mol. The van der Waals surface area contributed by atoms with Gasteiger partial charge in [-0.1, -0.05) is 12.1 Å². The summed E-state index contributed by atoms with van der Waals surface area (Å²) in [6, 6.07) is 7.60. The summed E-state index contributed by atoms with van der Waals surface area (Å²) in [6.45, 7) is 1.97. The maximum Gasteiger partial charge on any atom is 0.198 e. The van der Waals surface area contributed by atoms with Gasteiger partial charge < -0.3 is 10.1 Å². The molecule has 0 atom stereocenters. The number of aromatic nitrogens is 2. The van der Waals surface area contributed by atoms with E-state index >= 15 is 0 Å². The van der Waals surface area contributed by atoms with Gasteiger partial charge >= 0.3 is 0 Å². The van der Waals surface area contributed by atoms with Gasteiger partial charge in [0.15, 0.2) is 5.11 Å². The summed E-state index contributed by atoms with van der Waals surface area (Å²) in [7, 11) is 1.63. The monoisotopic (exact) mass is 247 g/mol. The fourth-order valence-corrected chi connectivity index (χ4v) is 1.65. The van der Waals surface area contributed by atoms with Crippen molar-refractivity contribution in [2.24, 2.45) is 0 Å². The van der Waals surface area contributed by atoms with Crippen LogP contribution in [0.5, 0.6) is 5.75 Å². The van der Waals surface area contributed by atoms with Gasteiger partial charge in [-0.05, 0) is 36.8 Å². The number of anilines is 1. The molecular formula is C12H13N3OS. The van der Waals surface area contributed by atoms with E-state index in [-0.39, 0.29) is 0 Å². The van der Waals surface area contributed by atoms with E-state index in [4.69, 9.17) is 17.0 Å². The second-order valence-electron chi connectivity index (χ2n) is 3.59. The number of ether oxygens (including phenoxy) is 1. The number of nitrogens with one attached hydrogen (secondary N) is 1. The Balaban J connectivity index is 2.18. The van der Waals surface area contributed by atoms with Gasteiger partial charge in [-0.3, -0.25) is 0 Å². The average Bonchev–Trinajstić information content (AvgIpc) is 2.77. The van der Waals surface area contributed by atoms with Gasteiger partial charge in [0.05, 0.1) is 19.0 Å². The van der Waals surface area contributed by atoms with E-state index in [1.165, 1.54) is 0 Å². The van der Waals surface area contributed by atoms with Crippen molar-refractivity contribution in [3.05, 3.63) is 42.2 Å². The van der Waals surface area contributed by atoms with Crippen molar-refractivity contribution >= 4 is 23.0 Å². The van der Waals surface area contributed by atoms with E-state index in [9.17, 15) is 0 Å². The second-order valence-corrected chi connectivity index (χ2v) is 3.98. The summed E-state index contributed by atoms with van der Waals surface area (Å²) in [5.41, 5.74) is 1.89. The van der Waals surface area contributed by atoms with Gasteiger partial charge in [0.1, 0.15) is 5.75 Å². The molecule has 0 amide bonds. The summed E-state index contributed by atoms with van der Waals surface area (Å²) in [4.78, 5) is 0. The lowest BCUT2D eigenvalue weighted by molar-refractivity contribution is 0.417. The minimum absolute atomic E-state index is 0.516. The van der Waals surface area contributed by atoms with Gasteiger partial charge in [0.2, 0.25) is 0 Å². The van der Waals surface area contributed by atoms with E-state index in [1.54, 1.807) is 18.0 Å². The Hall–Kier alpha value is -1.88. The fourth-order valence-electron chi connectivity index (χ4n) is 1.44. The number of rotatable bonds is 2. The Labute approximate surface area is 105 Å². The highest BCUT2D eigenvalue weighted by atomic mass is 32.1. The van der Waals surface area contributed by atoms with Crippen LogP contribution in [0.4, 0.5) is 5.69 Å². The third kappa shape index (κ3) is 2.62. The molecule has 0 aliphatic carbocycles. The molecule has 0 bridgehead atoms. The molecule has 0 aliphatic heterocycles. The van der Waals surface area contributed by atoms with Crippen LogP contribution in [-0.4, -0.2) is 22.0 Å². The van der Waals surface area contributed by atoms with Crippen molar-refractivity contribution in [2.45, 2.75) is 6.92 Å². The quantitative estimate of drug-likeness (QED) is 0.827. The van der Waals surface area contributed by atoms with Crippen LogP contribution in [0.15, 0.2) is 36.7 Å². The Morgan fingerprint density at radius 3 is 2.82 bits per heavy atom. The van der Waals surface area contributed by atoms with Gasteiger partial charge in [-0.2, -0.15) is 5.10 Å². The van der Waals surface area contributed by atoms with Gasteiger partial charge in [0.25, 0.3) is 0 Å². The Kier molecular flexibility index (Phi) is 3.39. The van der Waals surface area contributed by atoms with Gasteiger partial charge in [-0.15, -0.1) is 0 Å². The highest BCUT2D eigenvalue weighted by molar-refractivity contribution is 7.80. The van der Waals surface area contributed by atoms with Crippen LogP contribution < -0.4 is 10.1 Å². The molecule has 0 saturated heterocycles. The normalized spacial score (nSPS) is 10.0. The SMILES string of the molecule is COc1ccccc1NC(=S)n1cc(C)cn1. The molecule has 0 aliphatic rings. The first kappa shape index (κ1) is 11.6. The van der Waals surface area contributed by atoms with Crippen LogP contribution in [-0.2, 0) is 0 Å². The van der Waals surface area contributed by atoms with Gasteiger partial charge in [-0.25, -0.2) is 4.68 Å². The third-order valence-corrected chi connectivity index (χ3v) is 2.56. The zero-order valence-electron chi connectivity index (χ0n) is 9.68. The van der Waals surface area contributed by atoms with Crippen molar-refractivity contribution in [1.29, 1.82) is 0 Å². The minimum Gasteiger partial charge on any atom is -0.495 e. The number of nitrogens with zero attached hydrogens (tertiary/aromatic N) is 2. The van der Waals surface area contributed by atoms with Crippen LogP contribution in [0.2, 0.25) is 0 Å². The molecule has 0 fully saturated rings. The van der Waals surface area contributed by atoms with Crippen molar-refractivity contribution in [1.82, 2.24) is 9.78 Å². The van der Waals surface area contributed by atoms with E-state index in [2.05, 4.69) is 10.4 Å². The zero-order valence-corrected chi connectivity index (χ0v) is 10.5. The Bertz CT molecular complexity index is 536. The van der Waals surface area contributed by atoms with Crippen LogP contribution >= 0.6 is 12.2 Å². The predicted octanol–water partition coefficient (Wildman–Crippen LogP) is 2.45. The molecule has 2 rings (SSSR count). The molecule has 0 radical (unpaired) electrons. The molecular weight excluding hydrogens is 234 g/mol. The highest BCUT2D eigenvalue weighted by Crippen LogP contribution is 2.23. The van der Waals surface area contributed by atoms with Crippen molar-refractivity contribution < 1.29 is 4.74 Å². The summed E-state index contributed by atoms with van der Waals surface area (Å²) in [5, 5.41) is 7.75. The standard InChI is InChI=1S/C12H13N3OS/c1-9-7-13-15(8-9)12(17)14-10-5-3-4-6-11(10)16-2/h3-8H,1-2H3,(H,14,17). The molecule has 17 heavy (non-hydrogen) atoms. The van der Waals surface area contributed by atoms with E-state index in [0.29, 0.717) is 5.11 Å². The number of para-hydroxylation sites is 2. The molecule has 1 aromatic heterocycles. The number of hydrogen-bond acceptors (Lipinski definition) is 3. The van der Waals surface area contributed by atoms with Crippen LogP contribution in [0.25, 0.3) is 0 Å². The number of methoxy groups -OCH3 is 1. The lowest BCUT2D eigenvalue weighted by Crippen LogP contribution is -2.19. The maximum absolute atomic E-state index is 5.26. The largest absolute Gasteiger partial charge is 0.495 e. The van der Waals surface area contributed by atoms with E-state index < -0.39 is 0 Å². The van der Waals surface area contributed by atoms with E-state index in [0.717, 1.165) is 17.0 Å². The Morgan fingerprint density at radius 2 is 2.18 bits per heavy atom. The number of benzene rings is 1. The van der Waals surface area contributed by atoms with Gasteiger partial charge in [0, 0.05) is 6.20 Å². The number of thiocarbonyl (C=S) groups is 1. The molecule has 1 N–H and O–H groups in total. The van der Waals surface area contributed by atoms with E-state index in [1.807, 2.05) is 37.4 Å². The summed E-state index contributed by atoms with van der Waals surface area (Å²) >= 11 is 5.26.